The minimum Gasteiger partial charge on any atom is -0.418 e. The van der Waals surface area contributed by atoms with Crippen molar-refractivity contribution in [3.8, 4) is 0 Å². The Morgan fingerprint density at radius 2 is 1.68 bits per heavy atom. The molecule has 2 heterocycles. The van der Waals surface area contributed by atoms with Crippen LogP contribution in [-0.4, -0.2) is 69.3 Å². The molecule has 0 saturated carbocycles. The molecule has 3 rings (SSSR count). The van der Waals surface area contributed by atoms with Crippen molar-refractivity contribution in [3.05, 3.63) is 77.3 Å². The van der Waals surface area contributed by atoms with Gasteiger partial charge in [-0.15, -0.1) is 10.2 Å². The van der Waals surface area contributed by atoms with Gasteiger partial charge in [-0.3, -0.25) is 24.2 Å². The molecule has 0 aliphatic carbocycles. The van der Waals surface area contributed by atoms with Crippen LogP contribution in [0.2, 0.25) is 0 Å². The number of carbonyl (C=O) groups is 4. The highest BCUT2D eigenvalue weighted by molar-refractivity contribution is 6.00. The standard InChI is InChI=1S/C29H36N6O5/c1-17(2)24(26(37)28-34-33-23(40-28)14-20-10-7-9-19(5)13-20)31-22(36)16-35(6)29(39)25(18(3)4)32-27(38)21-11-8-12-30-15-21/h7-13,15,17-18,24-25H,14,16H2,1-6H3,(H,31,36)(H,32,38)/t24-,25-/m0/s1. The van der Waals surface area contributed by atoms with E-state index in [1.165, 1.54) is 18.1 Å². The van der Waals surface area contributed by atoms with Gasteiger partial charge in [-0.25, -0.2) is 0 Å². The predicted octanol–water partition coefficient (Wildman–Crippen LogP) is 2.60. The largest absolute Gasteiger partial charge is 0.418 e. The molecule has 0 radical (unpaired) electrons. The number of amides is 3. The molecule has 0 fully saturated rings. The van der Waals surface area contributed by atoms with E-state index in [2.05, 4.69) is 25.8 Å². The van der Waals surface area contributed by atoms with Gasteiger partial charge in [-0.05, 0) is 36.5 Å². The summed E-state index contributed by atoms with van der Waals surface area (Å²) in [5, 5.41) is 13.3. The molecular formula is C29H36N6O5. The first kappa shape index (κ1) is 30.1. The maximum atomic E-state index is 13.2. The number of nitrogens with zero attached hydrogens (tertiary/aromatic N) is 4. The summed E-state index contributed by atoms with van der Waals surface area (Å²) in [5.74, 6) is -2.35. The molecule has 0 aliphatic rings. The molecule has 3 amide bonds. The Hall–Kier alpha value is -4.41. The summed E-state index contributed by atoms with van der Waals surface area (Å²) in [5.41, 5.74) is 2.39. The number of Topliss-reactive ketones (excluding diaryl/α,β-unsaturated/α-hetero) is 1. The van der Waals surface area contributed by atoms with Gasteiger partial charge in [0.15, 0.2) is 0 Å². The fourth-order valence-electron chi connectivity index (χ4n) is 4.07. The SMILES string of the molecule is Cc1cccc(Cc2nnc(C(=O)[C@@H](NC(=O)CN(C)C(=O)[C@@H](NC(=O)c3cccnc3)C(C)C)C(C)C)o2)c1. The fraction of sp³-hybridized carbons (Fsp3) is 0.414. The number of benzene rings is 1. The number of likely N-dealkylation sites (N-methyl/N-ethyl adjacent to an activating group) is 1. The van der Waals surface area contributed by atoms with E-state index in [1.54, 1.807) is 46.0 Å². The van der Waals surface area contributed by atoms with E-state index in [4.69, 9.17) is 4.42 Å². The molecular weight excluding hydrogens is 512 g/mol. The van der Waals surface area contributed by atoms with E-state index in [1.807, 2.05) is 31.2 Å². The van der Waals surface area contributed by atoms with Gasteiger partial charge in [0.1, 0.15) is 6.04 Å². The van der Waals surface area contributed by atoms with Crippen LogP contribution >= 0.6 is 0 Å². The average Bonchev–Trinajstić information content (AvgIpc) is 3.38. The third-order valence-electron chi connectivity index (χ3n) is 6.28. The zero-order valence-electron chi connectivity index (χ0n) is 23.7. The molecule has 2 N–H and O–H groups in total. The number of carbonyl (C=O) groups excluding carboxylic acids is 4. The second kappa shape index (κ2) is 13.6. The normalized spacial score (nSPS) is 12.6. The average molecular weight is 549 g/mol. The molecule has 11 nitrogen and oxygen atoms in total. The highest BCUT2D eigenvalue weighted by Crippen LogP contribution is 2.14. The van der Waals surface area contributed by atoms with Crippen LogP contribution in [0.5, 0.6) is 0 Å². The van der Waals surface area contributed by atoms with Crippen LogP contribution in [0, 0.1) is 18.8 Å². The number of pyridine rings is 1. The van der Waals surface area contributed by atoms with E-state index in [0.717, 1.165) is 11.1 Å². The van der Waals surface area contributed by atoms with Crippen molar-refractivity contribution < 1.29 is 23.6 Å². The van der Waals surface area contributed by atoms with Crippen LogP contribution in [0.3, 0.4) is 0 Å². The smallest absolute Gasteiger partial charge is 0.286 e. The summed E-state index contributed by atoms with van der Waals surface area (Å²) in [6.45, 7) is 8.82. The van der Waals surface area contributed by atoms with Gasteiger partial charge in [0.2, 0.25) is 23.5 Å². The quantitative estimate of drug-likeness (QED) is 0.328. The van der Waals surface area contributed by atoms with Crippen molar-refractivity contribution in [2.24, 2.45) is 11.8 Å². The number of rotatable bonds is 12. The molecule has 40 heavy (non-hydrogen) atoms. The molecule has 0 bridgehead atoms. The van der Waals surface area contributed by atoms with E-state index in [0.29, 0.717) is 17.9 Å². The van der Waals surface area contributed by atoms with Crippen LogP contribution in [0.1, 0.15) is 65.8 Å². The molecule has 3 aromatic rings. The number of hydrogen-bond donors (Lipinski definition) is 2. The lowest BCUT2D eigenvalue weighted by Crippen LogP contribution is -2.53. The Bertz CT molecular complexity index is 1340. The lowest BCUT2D eigenvalue weighted by molar-refractivity contribution is -0.137. The predicted molar refractivity (Wildman–Crippen MR) is 147 cm³/mol. The Labute approximate surface area is 233 Å². The highest BCUT2D eigenvalue weighted by atomic mass is 16.4. The van der Waals surface area contributed by atoms with Gasteiger partial charge >= 0.3 is 0 Å². The zero-order chi connectivity index (χ0) is 29.4. The number of ketones is 1. The third-order valence-corrected chi connectivity index (χ3v) is 6.28. The molecule has 0 spiro atoms. The van der Waals surface area contributed by atoms with E-state index < -0.39 is 35.6 Å². The van der Waals surface area contributed by atoms with Crippen molar-refractivity contribution in [2.45, 2.75) is 53.1 Å². The molecule has 212 valence electrons. The number of aryl methyl sites for hydroxylation is 1. The van der Waals surface area contributed by atoms with E-state index in [-0.39, 0.29) is 24.3 Å². The lowest BCUT2D eigenvalue weighted by atomic mass is 9.99. The first-order chi connectivity index (χ1) is 19.0. The summed E-state index contributed by atoms with van der Waals surface area (Å²) in [6.07, 6.45) is 3.33. The molecule has 1 aromatic carbocycles. The monoisotopic (exact) mass is 548 g/mol. The Balaban J connectivity index is 1.62. The van der Waals surface area contributed by atoms with Crippen molar-refractivity contribution in [1.29, 1.82) is 0 Å². The Morgan fingerprint density at radius 1 is 0.950 bits per heavy atom. The minimum absolute atomic E-state index is 0.191. The van der Waals surface area contributed by atoms with Gasteiger partial charge in [0, 0.05) is 19.4 Å². The summed E-state index contributed by atoms with van der Waals surface area (Å²) in [4.78, 5) is 57.0. The second-order valence-corrected chi connectivity index (χ2v) is 10.5. The molecule has 0 saturated heterocycles. The summed E-state index contributed by atoms with van der Waals surface area (Å²) >= 11 is 0. The van der Waals surface area contributed by atoms with Crippen LogP contribution < -0.4 is 10.6 Å². The Kier molecular flexibility index (Phi) is 10.2. The molecule has 0 unspecified atom stereocenters. The Morgan fingerprint density at radius 3 is 2.30 bits per heavy atom. The number of aromatic nitrogens is 3. The summed E-state index contributed by atoms with van der Waals surface area (Å²) in [6, 6.07) is 9.26. The minimum atomic E-state index is -0.936. The van der Waals surface area contributed by atoms with Crippen molar-refractivity contribution in [2.75, 3.05) is 13.6 Å². The van der Waals surface area contributed by atoms with Gasteiger partial charge in [0.25, 0.3) is 11.8 Å². The molecule has 11 heteroatoms. The van der Waals surface area contributed by atoms with Gasteiger partial charge in [-0.1, -0.05) is 57.5 Å². The fourth-order valence-corrected chi connectivity index (χ4v) is 4.07. The van der Waals surface area contributed by atoms with Crippen LogP contribution in [0.25, 0.3) is 0 Å². The van der Waals surface area contributed by atoms with E-state index >= 15 is 0 Å². The first-order valence-electron chi connectivity index (χ1n) is 13.1. The van der Waals surface area contributed by atoms with Gasteiger partial charge in [-0.2, -0.15) is 0 Å². The summed E-state index contributed by atoms with van der Waals surface area (Å²) < 4.78 is 5.62. The van der Waals surface area contributed by atoms with Gasteiger partial charge < -0.3 is 20.0 Å². The third kappa shape index (κ3) is 8.05. The van der Waals surface area contributed by atoms with E-state index in [9.17, 15) is 19.2 Å². The number of hydrogen-bond acceptors (Lipinski definition) is 8. The molecule has 2 aromatic heterocycles. The van der Waals surface area contributed by atoms with Crippen molar-refractivity contribution in [3.63, 3.8) is 0 Å². The first-order valence-corrected chi connectivity index (χ1v) is 13.1. The maximum absolute atomic E-state index is 13.2. The second-order valence-electron chi connectivity index (χ2n) is 10.5. The molecule has 2 atom stereocenters. The summed E-state index contributed by atoms with van der Waals surface area (Å²) in [7, 11) is 1.47. The lowest BCUT2D eigenvalue weighted by Gasteiger charge is -2.27. The van der Waals surface area contributed by atoms with Crippen LogP contribution in [0.15, 0.2) is 53.2 Å². The maximum Gasteiger partial charge on any atom is 0.286 e. The number of nitrogens with one attached hydrogen (secondary N) is 2. The highest BCUT2D eigenvalue weighted by Gasteiger charge is 2.32. The van der Waals surface area contributed by atoms with Crippen LogP contribution in [-0.2, 0) is 16.0 Å². The molecule has 0 aliphatic heterocycles. The van der Waals surface area contributed by atoms with Crippen molar-refractivity contribution in [1.82, 2.24) is 30.7 Å². The van der Waals surface area contributed by atoms with Crippen LogP contribution in [0.4, 0.5) is 0 Å². The van der Waals surface area contributed by atoms with Crippen molar-refractivity contribution >= 4 is 23.5 Å². The topological polar surface area (TPSA) is 147 Å². The zero-order valence-corrected chi connectivity index (χ0v) is 23.7. The van der Waals surface area contributed by atoms with Gasteiger partial charge in [0.05, 0.1) is 24.6 Å².